The molecular formula is C12H11FN2O5S. The van der Waals surface area contributed by atoms with Gasteiger partial charge in [0.2, 0.25) is 10.0 Å². The number of halogens is 1. The van der Waals surface area contributed by atoms with Crippen LogP contribution < -0.4 is 4.72 Å². The summed E-state index contributed by atoms with van der Waals surface area (Å²) in [6.07, 6.45) is -0.0275. The standard InChI is InChI=1S/C12H11FN2O5S/c13-10-5-9(2-1-8(10)6-14)21(18,19)15-12(11(16)17)3-4-20-7-12/h1-2,5,15H,3-4,7H2,(H,16,17). The zero-order valence-electron chi connectivity index (χ0n) is 10.7. The van der Waals surface area contributed by atoms with Gasteiger partial charge in [0.15, 0.2) is 5.54 Å². The van der Waals surface area contributed by atoms with Crippen LogP contribution in [-0.2, 0) is 19.6 Å². The Hall–Kier alpha value is -2.02. The maximum atomic E-state index is 13.5. The van der Waals surface area contributed by atoms with Crippen LogP contribution in [0.2, 0.25) is 0 Å². The largest absolute Gasteiger partial charge is 0.480 e. The van der Waals surface area contributed by atoms with Crippen molar-refractivity contribution >= 4 is 16.0 Å². The van der Waals surface area contributed by atoms with Gasteiger partial charge in [-0.05, 0) is 18.2 Å². The summed E-state index contributed by atoms with van der Waals surface area (Å²) < 4.78 is 44.8. The highest BCUT2D eigenvalue weighted by molar-refractivity contribution is 7.89. The summed E-state index contributed by atoms with van der Waals surface area (Å²) in [5.41, 5.74) is -2.06. The second kappa shape index (κ2) is 5.40. The highest BCUT2D eigenvalue weighted by atomic mass is 32.2. The van der Waals surface area contributed by atoms with Gasteiger partial charge < -0.3 is 9.84 Å². The molecule has 7 nitrogen and oxygen atoms in total. The lowest BCUT2D eigenvalue weighted by Gasteiger charge is -2.23. The smallest absolute Gasteiger partial charge is 0.327 e. The summed E-state index contributed by atoms with van der Waals surface area (Å²) in [4.78, 5) is 10.8. The summed E-state index contributed by atoms with van der Waals surface area (Å²) in [7, 11) is -4.25. The highest BCUT2D eigenvalue weighted by Gasteiger charge is 2.46. The van der Waals surface area contributed by atoms with Gasteiger partial charge in [-0.25, -0.2) is 12.8 Å². The van der Waals surface area contributed by atoms with Crippen molar-refractivity contribution < 1.29 is 27.4 Å². The quantitative estimate of drug-likeness (QED) is 0.821. The molecule has 1 aliphatic heterocycles. The molecule has 0 aromatic heterocycles. The lowest BCUT2D eigenvalue weighted by atomic mass is 10.0. The van der Waals surface area contributed by atoms with E-state index in [4.69, 9.17) is 10.00 Å². The van der Waals surface area contributed by atoms with E-state index < -0.39 is 32.2 Å². The van der Waals surface area contributed by atoms with E-state index in [2.05, 4.69) is 0 Å². The maximum absolute atomic E-state index is 13.5. The molecule has 1 atom stereocenters. The first-order chi connectivity index (χ1) is 9.81. The lowest BCUT2D eigenvalue weighted by Crippen LogP contribution is -2.55. The molecule has 1 aromatic carbocycles. The number of rotatable bonds is 4. The molecular weight excluding hydrogens is 303 g/mol. The Balaban J connectivity index is 2.37. The summed E-state index contributed by atoms with van der Waals surface area (Å²) in [5, 5.41) is 17.8. The zero-order valence-corrected chi connectivity index (χ0v) is 11.5. The number of hydrogen-bond donors (Lipinski definition) is 2. The van der Waals surface area contributed by atoms with Gasteiger partial charge in [-0.1, -0.05) is 0 Å². The van der Waals surface area contributed by atoms with Crippen molar-refractivity contribution in [3.63, 3.8) is 0 Å². The molecule has 1 unspecified atom stereocenters. The molecule has 1 aliphatic rings. The fraction of sp³-hybridized carbons (Fsp3) is 0.333. The third kappa shape index (κ3) is 2.87. The van der Waals surface area contributed by atoms with Crippen molar-refractivity contribution in [3.05, 3.63) is 29.6 Å². The van der Waals surface area contributed by atoms with Crippen LogP contribution in [-0.4, -0.2) is 38.2 Å². The van der Waals surface area contributed by atoms with Gasteiger partial charge in [-0.2, -0.15) is 9.98 Å². The molecule has 0 aliphatic carbocycles. The van der Waals surface area contributed by atoms with E-state index in [-0.39, 0.29) is 25.2 Å². The van der Waals surface area contributed by atoms with Crippen LogP contribution in [0.4, 0.5) is 4.39 Å². The predicted octanol–water partition coefficient (Wildman–Crippen LogP) is 0.219. The minimum absolute atomic E-state index is 0.0275. The van der Waals surface area contributed by atoms with Gasteiger partial charge in [0.05, 0.1) is 17.1 Å². The Bertz CT molecular complexity index is 720. The zero-order chi connectivity index (χ0) is 15.7. The Labute approximate surface area is 120 Å². The number of nitrogens with zero attached hydrogens (tertiary/aromatic N) is 1. The minimum atomic E-state index is -4.25. The number of carboxylic acid groups (broad SMARTS) is 1. The molecule has 1 heterocycles. The number of carboxylic acids is 1. The Morgan fingerprint density at radius 2 is 2.24 bits per heavy atom. The highest BCUT2D eigenvalue weighted by Crippen LogP contribution is 2.23. The molecule has 0 amide bonds. The molecule has 0 radical (unpaired) electrons. The Morgan fingerprint density at radius 1 is 1.52 bits per heavy atom. The van der Waals surface area contributed by atoms with Crippen LogP contribution >= 0.6 is 0 Å². The summed E-state index contributed by atoms with van der Waals surface area (Å²) >= 11 is 0. The van der Waals surface area contributed by atoms with Crippen LogP contribution in [0.3, 0.4) is 0 Å². The number of ether oxygens (including phenoxy) is 1. The normalized spacial score (nSPS) is 21.9. The second-order valence-electron chi connectivity index (χ2n) is 4.55. The third-order valence-corrected chi connectivity index (χ3v) is 4.67. The molecule has 2 N–H and O–H groups in total. The number of benzene rings is 1. The van der Waals surface area contributed by atoms with Crippen LogP contribution in [0.5, 0.6) is 0 Å². The van der Waals surface area contributed by atoms with Gasteiger partial charge in [-0.15, -0.1) is 0 Å². The second-order valence-corrected chi connectivity index (χ2v) is 6.23. The van der Waals surface area contributed by atoms with Crippen molar-refractivity contribution in [1.29, 1.82) is 5.26 Å². The molecule has 21 heavy (non-hydrogen) atoms. The molecule has 112 valence electrons. The SMILES string of the molecule is N#Cc1ccc(S(=O)(=O)NC2(C(=O)O)CCOC2)cc1F. The monoisotopic (exact) mass is 314 g/mol. The first-order valence-corrected chi connectivity index (χ1v) is 7.34. The van der Waals surface area contributed by atoms with Gasteiger partial charge in [0.1, 0.15) is 11.9 Å². The number of hydrogen-bond acceptors (Lipinski definition) is 5. The number of sulfonamides is 1. The maximum Gasteiger partial charge on any atom is 0.327 e. The van der Waals surface area contributed by atoms with E-state index in [1.165, 1.54) is 0 Å². The van der Waals surface area contributed by atoms with E-state index in [0.717, 1.165) is 12.1 Å². The number of nitrogens with one attached hydrogen (secondary N) is 1. The van der Waals surface area contributed by atoms with Crippen molar-refractivity contribution in [2.45, 2.75) is 16.9 Å². The number of nitriles is 1. The van der Waals surface area contributed by atoms with E-state index in [0.29, 0.717) is 6.07 Å². The average molecular weight is 314 g/mol. The molecule has 1 saturated heterocycles. The number of aliphatic carboxylic acids is 1. The lowest BCUT2D eigenvalue weighted by molar-refractivity contribution is -0.144. The molecule has 9 heteroatoms. The summed E-state index contributed by atoms with van der Waals surface area (Å²) in [6.45, 7) is -0.198. The van der Waals surface area contributed by atoms with Crippen molar-refractivity contribution in [1.82, 2.24) is 4.72 Å². The summed E-state index contributed by atoms with van der Waals surface area (Å²) in [5.74, 6) is -2.36. The minimum Gasteiger partial charge on any atom is -0.480 e. The van der Waals surface area contributed by atoms with Crippen LogP contribution in [0.1, 0.15) is 12.0 Å². The average Bonchev–Trinajstić information content (AvgIpc) is 2.87. The third-order valence-electron chi connectivity index (χ3n) is 3.13. The fourth-order valence-corrected chi connectivity index (χ4v) is 3.31. The van der Waals surface area contributed by atoms with E-state index >= 15 is 0 Å². The molecule has 2 rings (SSSR count). The topological polar surface area (TPSA) is 116 Å². The van der Waals surface area contributed by atoms with Crippen LogP contribution in [0, 0.1) is 17.1 Å². The first-order valence-electron chi connectivity index (χ1n) is 5.85. The molecule has 1 aromatic rings. The Morgan fingerprint density at radius 3 is 2.71 bits per heavy atom. The van der Waals surface area contributed by atoms with E-state index in [9.17, 15) is 22.7 Å². The van der Waals surface area contributed by atoms with Crippen molar-refractivity contribution in [2.75, 3.05) is 13.2 Å². The van der Waals surface area contributed by atoms with Gasteiger partial charge in [0, 0.05) is 13.0 Å². The van der Waals surface area contributed by atoms with Crippen molar-refractivity contribution in [2.24, 2.45) is 0 Å². The molecule has 0 bridgehead atoms. The van der Waals surface area contributed by atoms with Gasteiger partial charge >= 0.3 is 5.97 Å². The van der Waals surface area contributed by atoms with Crippen molar-refractivity contribution in [3.8, 4) is 6.07 Å². The fourth-order valence-electron chi connectivity index (χ4n) is 1.93. The van der Waals surface area contributed by atoms with E-state index in [1.807, 2.05) is 4.72 Å². The predicted molar refractivity (Wildman–Crippen MR) is 67.2 cm³/mol. The van der Waals surface area contributed by atoms with Gasteiger partial charge in [0.25, 0.3) is 0 Å². The molecule has 0 spiro atoms. The number of carbonyl (C=O) groups is 1. The van der Waals surface area contributed by atoms with Gasteiger partial charge in [-0.3, -0.25) is 4.79 Å². The Kier molecular flexibility index (Phi) is 3.95. The molecule has 1 fully saturated rings. The van der Waals surface area contributed by atoms with Crippen LogP contribution in [0.15, 0.2) is 23.1 Å². The molecule has 0 saturated carbocycles. The first kappa shape index (κ1) is 15.4. The van der Waals surface area contributed by atoms with Crippen LogP contribution in [0.25, 0.3) is 0 Å². The van der Waals surface area contributed by atoms with E-state index in [1.54, 1.807) is 6.07 Å². The summed E-state index contributed by atoms with van der Waals surface area (Å²) in [6, 6.07) is 4.29.